The van der Waals surface area contributed by atoms with E-state index in [1.807, 2.05) is 19.0 Å². The number of nitrogens with zero attached hydrogens (tertiary/aromatic N) is 2. The quantitative estimate of drug-likeness (QED) is 0.681. The number of ether oxygens (including phenoxy) is 1. The van der Waals surface area contributed by atoms with Gasteiger partial charge in [0, 0.05) is 19.2 Å². The number of aliphatic hydroxyl groups is 1. The van der Waals surface area contributed by atoms with Gasteiger partial charge in [-0.3, -0.25) is 0 Å². The molecule has 18 heavy (non-hydrogen) atoms. The Morgan fingerprint density at radius 1 is 1.50 bits per heavy atom. The van der Waals surface area contributed by atoms with Gasteiger partial charge in [-0.15, -0.1) is 0 Å². The Bertz CT molecular complexity index is 394. The van der Waals surface area contributed by atoms with Gasteiger partial charge in [0.25, 0.3) is 0 Å². The molecule has 1 aromatic heterocycles. The molecule has 1 atom stereocenters. The van der Waals surface area contributed by atoms with Crippen molar-refractivity contribution in [3.63, 3.8) is 0 Å². The van der Waals surface area contributed by atoms with E-state index >= 15 is 0 Å². The molecular formula is C12H22N4O2. The highest BCUT2D eigenvalue weighted by atomic mass is 16.5. The van der Waals surface area contributed by atoms with E-state index in [1.165, 1.54) is 0 Å². The van der Waals surface area contributed by atoms with E-state index in [2.05, 4.69) is 10.3 Å². The summed E-state index contributed by atoms with van der Waals surface area (Å²) < 4.78 is 5.03. The fourth-order valence-corrected chi connectivity index (χ4v) is 1.72. The van der Waals surface area contributed by atoms with E-state index < -0.39 is 5.60 Å². The third-order valence-electron chi connectivity index (χ3n) is 2.40. The summed E-state index contributed by atoms with van der Waals surface area (Å²) in [6.45, 7) is 2.66. The number of nitrogen functional groups attached to an aromatic ring is 1. The Morgan fingerprint density at radius 3 is 2.72 bits per heavy atom. The molecule has 4 N–H and O–H groups in total. The largest absolute Gasteiger partial charge is 0.481 e. The van der Waals surface area contributed by atoms with Crippen LogP contribution in [0.4, 0.5) is 11.5 Å². The number of pyridine rings is 1. The molecule has 6 nitrogen and oxygen atoms in total. The minimum Gasteiger partial charge on any atom is -0.481 e. The lowest BCUT2D eigenvalue weighted by Crippen LogP contribution is -2.43. The summed E-state index contributed by atoms with van der Waals surface area (Å²) in [6, 6.07) is 3.41. The van der Waals surface area contributed by atoms with Crippen LogP contribution in [0.3, 0.4) is 0 Å². The topological polar surface area (TPSA) is 83.6 Å². The van der Waals surface area contributed by atoms with Crippen molar-refractivity contribution >= 4 is 11.5 Å². The molecule has 0 spiro atoms. The molecule has 0 aliphatic carbocycles. The maximum absolute atomic E-state index is 10.2. The predicted octanol–water partition coefficient (Wildman–Crippen LogP) is 0.397. The second-order valence-electron chi connectivity index (χ2n) is 4.88. The van der Waals surface area contributed by atoms with Gasteiger partial charge in [-0.05, 0) is 27.1 Å². The monoisotopic (exact) mass is 254 g/mol. The number of nitrogens with two attached hydrogens (primary N) is 1. The van der Waals surface area contributed by atoms with E-state index in [0.29, 0.717) is 30.5 Å². The molecule has 0 aliphatic heterocycles. The van der Waals surface area contributed by atoms with Crippen molar-refractivity contribution < 1.29 is 9.84 Å². The van der Waals surface area contributed by atoms with Crippen LogP contribution in [0.1, 0.15) is 6.92 Å². The standard InChI is InChI=1S/C12H22N4O2/c1-12(17,8-16(2)3)7-14-11-9(13)5-6-10(15-11)18-4/h5-6,17H,7-8,13H2,1-4H3,(H,14,15). The molecule has 1 unspecified atom stereocenters. The maximum atomic E-state index is 10.2. The Labute approximate surface area is 108 Å². The summed E-state index contributed by atoms with van der Waals surface area (Å²) in [5.41, 5.74) is 5.47. The first-order chi connectivity index (χ1) is 8.34. The van der Waals surface area contributed by atoms with Crippen molar-refractivity contribution in [2.75, 3.05) is 45.3 Å². The van der Waals surface area contributed by atoms with Gasteiger partial charge >= 0.3 is 0 Å². The Kier molecular flexibility index (Phi) is 4.75. The first-order valence-corrected chi connectivity index (χ1v) is 5.75. The van der Waals surface area contributed by atoms with E-state index in [4.69, 9.17) is 10.5 Å². The number of hydrogen-bond acceptors (Lipinski definition) is 6. The maximum Gasteiger partial charge on any atom is 0.215 e. The Hall–Kier alpha value is -1.53. The third-order valence-corrected chi connectivity index (χ3v) is 2.40. The fraction of sp³-hybridized carbons (Fsp3) is 0.583. The van der Waals surface area contributed by atoms with Crippen LogP contribution in [-0.2, 0) is 0 Å². The van der Waals surface area contributed by atoms with Gasteiger partial charge in [0.2, 0.25) is 5.88 Å². The van der Waals surface area contributed by atoms with Gasteiger partial charge in [0.15, 0.2) is 5.82 Å². The highest BCUT2D eigenvalue weighted by Crippen LogP contribution is 2.20. The zero-order valence-corrected chi connectivity index (χ0v) is 11.4. The van der Waals surface area contributed by atoms with Crippen molar-refractivity contribution in [3.05, 3.63) is 12.1 Å². The Morgan fingerprint density at radius 2 is 2.17 bits per heavy atom. The number of aromatic nitrogens is 1. The normalized spacial score (nSPS) is 14.3. The average Bonchev–Trinajstić information content (AvgIpc) is 2.26. The van der Waals surface area contributed by atoms with Crippen molar-refractivity contribution in [2.45, 2.75) is 12.5 Å². The van der Waals surface area contributed by atoms with Crippen molar-refractivity contribution in [1.82, 2.24) is 9.88 Å². The van der Waals surface area contributed by atoms with Crippen LogP contribution in [0.15, 0.2) is 12.1 Å². The first-order valence-electron chi connectivity index (χ1n) is 5.75. The molecule has 0 saturated carbocycles. The van der Waals surface area contributed by atoms with Crippen molar-refractivity contribution in [1.29, 1.82) is 0 Å². The second-order valence-corrected chi connectivity index (χ2v) is 4.88. The van der Waals surface area contributed by atoms with Gasteiger partial charge in [-0.25, -0.2) is 0 Å². The van der Waals surface area contributed by atoms with Crippen LogP contribution < -0.4 is 15.8 Å². The van der Waals surface area contributed by atoms with Crippen molar-refractivity contribution in [3.8, 4) is 5.88 Å². The summed E-state index contributed by atoms with van der Waals surface area (Å²) in [4.78, 5) is 6.11. The summed E-state index contributed by atoms with van der Waals surface area (Å²) in [7, 11) is 5.36. The number of hydrogen-bond donors (Lipinski definition) is 3. The molecule has 0 radical (unpaired) electrons. The highest BCUT2D eigenvalue weighted by molar-refractivity contribution is 5.62. The first kappa shape index (κ1) is 14.5. The number of methoxy groups -OCH3 is 1. The lowest BCUT2D eigenvalue weighted by Gasteiger charge is -2.27. The van der Waals surface area contributed by atoms with Gasteiger partial charge in [0.1, 0.15) is 0 Å². The minimum atomic E-state index is -0.860. The van der Waals surface area contributed by atoms with Crippen LogP contribution >= 0.6 is 0 Å². The smallest absolute Gasteiger partial charge is 0.215 e. The lowest BCUT2D eigenvalue weighted by molar-refractivity contribution is 0.0459. The molecule has 0 saturated heterocycles. The van der Waals surface area contributed by atoms with Crippen LogP contribution in [-0.4, -0.2) is 54.9 Å². The molecule has 1 rings (SSSR count). The second kappa shape index (κ2) is 5.88. The molecule has 102 valence electrons. The number of rotatable bonds is 6. The highest BCUT2D eigenvalue weighted by Gasteiger charge is 2.21. The summed E-state index contributed by atoms with van der Waals surface area (Å²) >= 11 is 0. The molecule has 0 fully saturated rings. The lowest BCUT2D eigenvalue weighted by atomic mass is 10.1. The van der Waals surface area contributed by atoms with Crippen molar-refractivity contribution in [2.24, 2.45) is 0 Å². The zero-order chi connectivity index (χ0) is 13.8. The van der Waals surface area contributed by atoms with E-state index in [0.717, 1.165) is 0 Å². The molecule has 1 aromatic rings. The molecule has 0 aromatic carbocycles. The predicted molar refractivity (Wildman–Crippen MR) is 72.9 cm³/mol. The number of anilines is 2. The van der Waals surface area contributed by atoms with Crippen LogP contribution in [0.5, 0.6) is 5.88 Å². The Balaban J connectivity index is 2.67. The van der Waals surface area contributed by atoms with Gasteiger partial charge in [0.05, 0.1) is 18.4 Å². The van der Waals surface area contributed by atoms with Gasteiger partial charge in [-0.2, -0.15) is 4.98 Å². The fourth-order valence-electron chi connectivity index (χ4n) is 1.72. The average molecular weight is 254 g/mol. The summed E-state index contributed by atoms with van der Waals surface area (Å²) in [5, 5.41) is 13.2. The van der Waals surface area contributed by atoms with Crippen LogP contribution in [0.25, 0.3) is 0 Å². The van der Waals surface area contributed by atoms with E-state index in [-0.39, 0.29) is 0 Å². The molecule has 0 amide bonds. The zero-order valence-electron chi connectivity index (χ0n) is 11.4. The van der Waals surface area contributed by atoms with E-state index in [1.54, 1.807) is 26.2 Å². The third kappa shape index (κ3) is 4.38. The molecular weight excluding hydrogens is 232 g/mol. The summed E-state index contributed by atoms with van der Waals surface area (Å²) in [6.07, 6.45) is 0. The minimum absolute atomic E-state index is 0.357. The summed E-state index contributed by atoms with van der Waals surface area (Å²) in [5.74, 6) is 1.01. The molecule has 0 bridgehead atoms. The molecule has 1 heterocycles. The van der Waals surface area contributed by atoms with Gasteiger partial charge in [-0.1, -0.05) is 0 Å². The van der Waals surface area contributed by atoms with Crippen LogP contribution in [0.2, 0.25) is 0 Å². The number of nitrogens with one attached hydrogen (secondary N) is 1. The van der Waals surface area contributed by atoms with Crippen LogP contribution in [0, 0.1) is 0 Å². The SMILES string of the molecule is COc1ccc(N)c(NCC(C)(O)CN(C)C)n1. The molecule has 6 heteroatoms. The van der Waals surface area contributed by atoms with E-state index in [9.17, 15) is 5.11 Å². The number of likely N-dealkylation sites (N-methyl/N-ethyl adjacent to an activating group) is 1. The van der Waals surface area contributed by atoms with Gasteiger partial charge < -0.3 is 25.8 Å². The molecule has 0 aliphatic rings.